The van der Waals surface area contributed by atoms with Crippen LogP contribution in [0.25, 0.3) is 0 Å². The van der Waals surface area contributed by atoms with E-state index in [9.17, 15) is 12.8 Å². The zero-order valence-corrected chi connectivity index (χ0v) is 12.4. The number of pyridine rings is 1. The van der Waals surface area contributed by atoms with E-state index in [1.54, 1.807) is 0 Å². The number of halogens is 3. The minimum atomic E-state index is -3.91. The van der Waals surface area contributed by atoms with Gasteiger partial charge in [0.2, 0.25) is 0 Å². The van der Waals surface area contributed by atoms with E-state index in [4.69, 9.17) is 11.6 Å². The molecular formula is C11H7BrClFN2O2S. The van der Waals surface area contributed by atoms with Crippen LogP contribution in [-0.2, 0) is 10.0 Å². The molecule has 0 radical (unpaired) electrons. The van der Waals surface area contributed by atoms with E-state index in [0.717, 1.165) is 12.1 Å². The van der Waals surface area contributed by atoms with Gasteiger partial charge in [-0.25, -0.2) is 17.8 Å². The molecule has 0 unspecified atom stereocenters. The Labute approximate surface area is 122 Å². The van der Waals surface area contributed by atoms with Crippen molar-refractivity contribution in [3.05, 3.63) is 52.0 Å². The van der Waals surface area contributed by atoms with Crippen molar-refractivity contribution in [1.29, 1.82) is 0 Å². The molecular weight excluding hydrogens is 359 g/mol. The summed E-state index contributed by atoms with van der Waals surface area (Å²) in [4.78, 5) is 3.60. The summed E-state index contributed by atoms with van der Waals surface area (Å²) in [6, 6.07) is 6.13. The number of sulfonamides is 1. The number of hydrogen-bond acceptors (Lipinski definition) is 3. The fourth-order valence-electron chi connectivity index (χ4n) is 1.33. The molecule has 100 valence electrons. The predicted octanol–water partition coefficient (Wildman–Crippen LogP) is 3.44. The maximum absolute atomic E-state index is 13.0. The molecule has 19 heavy (non-hydrogen) atoms. The van der Waals surface area contributed by atoms with E-state index in [1.165, 1.54) is 24.4 Å². The summed E-state index contributed by atoms with van der Waals surface area (Å²) in [6.45, 7) is 0. The van der Waals surface area contributed by atoms with E-state index in [1.807, 2.05) is 0 Å². The lowest BCUT2D eigenvalue weighted by Gasteiger charge is -2.09. The van der Waals surface area contributed by atoms with Crippen molar-refractivity contribution < 1.29 is 12.8 Å². The topological polar surface area (TPSA) is 59.1 Å². The third kappa shape index (κ3) is 3.43. The number of hydrogen-bond donors (Lipinski definition) is 1. The second-order valence-electron chi connectivity index (χ2n) is 3.55. The molecule has 0 fully saturated rings. The van der Waals surface area contributed by atoms with Gasteiger partial charge in [-0.1, -0.05) is 17.7 Å². The Morgan fingerprint density at radius 3 is 2.74 bits per heavy atom. The van der Waals surface area contributed by atoms with Crippen molar-refractivity contribution in [2.75, 3.05) is 4.72 Å². The van der Waals surface area contributed by atoms with Crippen molar-refractivity contribution in [2.24, 2.45) is 0 Å². The summed E-state index contributed by atoms with van der Waals surface area (Å²) in [5, 5.41) is 0.00294. The van der Waals surface area contributed by atoms with Crippen LogP contribution in [0.5, 0.6) is 0 Å². The molecule has 0 saturated heterocycles. The highest BCUT2D eigenvalue weighted by Gasteiger charge is 2.17. The number of rotatable bonds is 3. The van der Waals surface area contributed by atoms with Gasteiger partial charge >= 0.3 is 0 Å². The predicted molar refractivity (Wildman–Crippen MR) is 74.2 cm³/mol. The van der Waals surface area contributed by atoms with Gasteiger partial charge in [0.25, 0.3) is 10.0 Å². The third-order valence-electron chi connectivity index (χ3n) is 2.16. The molecule has 0 saturated carbocycles. The molecule has 1 N–H and O–H groups in total. The molecule has 1 aromatic carbocycles. The molecule has 0 spiro atoms. The summed E-state index contributed by atoms with van der Waals surface area (Å²) >= 11 is 8.94. The van der Waals surface area contributed by atoms with Crippen molar-refractivity contribution in [1.82, 2.24) is 4.98 Å². The molecule has 1 aromatic heterocycles. The quantitative estimate of drug-likeness (QED) is 0.848. The second kappa shape index (κ2) is 5.44. The van der Waals surface area contributed by atoms with Gasteiger partial charge < -0.3 is 0 Å². The van der Waals surface area contributed by atoms with Crippen LogP contribution in [0.1, 0.15) is 0 Å². The normalized spacial score (nSPS) is 11.3. The fraction of sp³-hybridized carbons (Fsp3) is 0. The molecule has 4 nitrogen and oxygen atoms in total. The monoisotopic (exact) mass is 364 g/mol. The number of nitrogens with zero attached hydrogens (tertiary/aromatic N) is 1. The molecule has 0 aliphatic carbocycles. The maximum Gasteiger partial charge on any atom is 0.262 e. The Kier molecular flexibility index (Phi) is 4.07. The van der Waals surface area contributed by atoms with Gasteiger partial charge in [-0.2, -0.15) is 0 Å². The van der Waals surface area contributed by atoms with E-state index in [2.05, 4.69) is 25.6 Å². The summed E-state index contributed by atoms with van der Waals surface area (Å²) < 4.78 is 39.9. The number of nitrogens with one attached hydrogen (secondary N) is 1. The molecule has 0 aliphatic heterocycles. The first-order valence-corrected chi connectivity index (χ1v) is 7.63. The van der Waals surface area contributed by atoms with Gasteiger partial charge in [-0.3, -0.25) is 4.72 Å². The molecule has 0 aliphatic rings. The van der Waals surface area contributed by atoms with Crippen LogP contribution in [0, 0.1) is 5.82 Å². The lowest BCUT2D eigenvalue weighted by molar-refractivity contribution is 0.595. The van der Waals surface area contributed by atoms with Crippen molar-refractivity contribution in [3.8, 4) is 0 Å². The van der Waals surface area contributed by atoms with Crippen LogP contribution < -0.4 is 4.72 Å². The van der Waals surface area contributed by atoms with Crippen molar-refractivity contribution in [2.45, 2.75) is 4.90 Å². The van der Waals surface area contributed by atoms with E-state index >= 15 is 0 Å². The van der Waals surface area contributed by atoms with Gasteiger partial charge in [0.1, 0.15) is 5.82 Å². The second-order valence-corrected chi connectivity index (χ2v) is 6.51. The summed E-state index contributed by atoms with van der Waals surface area (Å²) in [5.74, 6) is -0.638. The lowest BCUT2D eigenvalue weighted by Crippen LogP contribution is -2.13. The molecule has 1 heterocycles. The minimum Gasteiger partial charge on any atom is -0.276 e. The molecule has 0 amide bonds. The van der Waals surface area contributed by atoms with Crippen LogP contribution in [0.3, 0.4) is 0 Å². The van der Waals surface area contributed by atoms with Crippen LogP contribution in [0.2, 0.25) is 5.15 Å². The summed E-state index contributed by atoms with van der Waals surface area (Å²) in [5.41, 5.74) is 0.111. The lowest BCUT2D eigenvalue weighted by atomic mass is 10.4. The average molecular weight is 366 g/mol. The molecule has 0 atom stereocenters. The Bertz CT molecular complexity index is 724. The van der Waals surface area contributed by atoms with Crippen molar-refractivity contribution in [3.63, 3.8) is 0 Å². The van der Waals surface area contributed by atoms with Gasteiger partial charge in [0.05, 0.1) is 10.6 Å². The van der Waals surface area contributed by atoms with Gasteiger partial charge in [-0.05, 0) is 40.2 Å². The fourth-order valence-corrected chi connectivity index (χ4v) is 2.96. The van der Waals surface area contributed by atoms with E-state index in [-0.39, 0.29) is 15.7 Å². The van der Waals surface area contributed by atoms with Crippen molar-refractivity contribution >= 4 is 43.2 Å². The SMILES string of the molecule is O=S(=O)(Nc1cc(Br)cnc1Cl)c1cccc(F)c1. The molecule has 2 rings (SSSR count). The first-order valence-electron chi connectivity index (χ1n) is 4.98. The summed E-state index contributed by atoms with van der Waals surface area (Å²) in [7, 11) is -3.91. The highest BCUT2D eigenvalue weighted by atomic mass is 79.9. The maximum atomic E-state index is 13.0. The first kappa shape index (κ1) is 14.2. The van der Waals surface area contributed by atoms with E-state index in [0.29, 0.717) is 4.47 Å². The van der Waals surface area contributed by atoms with E-state index < -0.39 is 15.8 Å². The van der Waals surface area contributed by atoms with Crippen LogP contribution in [-0.4, -0.2) is 13.4 Å². The van der Waals surface area contributed by atoms with Gasteiger partial charge in [0, 0.05) is 10.7 Å². The highest BCUT2D eigenvalue weighted by molar-refractivity contribution is 9.10. The highest BCUT2D eigenvalue weighted by Crippen LogP contribution is 2.25. The Hall–Kier alpha value is -1.18. The average Bonchev–Trinajstić information content (AvgIpc) is 2.33. The Morgan fingerprint density at radius 2 is 2.05 bits per heavy atom. The molecule has 2 aromatic rings. The smallest absolute Gasteiger partial charge is 0.262 e. The number of aromatic nitrogens is 1. The summed E-state index contributed by atoms with van der Waals surface area (Å²) in [6.07, 6.45) is 1.43. The zero-order chi connectivity index (χ0) is 14.0. The third-order valence-corrected chi connectivity index (χ3v) is 4.25. The zero-order valence-electron chi connectivity index (χ0n) is 9.27. The minimum absolute atomic E-state index is 0.00294. The van der Waals surface area contributed by atoms with Crippen LogP contribution in [0.15, 0.2) is 45.9 Å². The Balaban J connectivity index is 2.39. The molecule has 0 bridgehead atoms. The number of benzene rings is 1. The van der Waals surface area contributed by atoms with Crippen LogP contribution in [0.4, 0.5) is 10.1 Å². The van der Waals surface area contributed by atoms with Gasteiger partial charge in [-0.15, -0.1) is 0 Å². The van der Waals surface area contributed by atoms with Gasteiger partial charge in [0.15, 0.2) is 5.15 Å². The standard InChI is InChI=1S/C11H7BrClFN2O2S/c12-7-4-10(11(13)15-6-7)16-19(17,18)9-3-1-2-8(14)5-9/h1-6,16H. The first-order chi connectivity index (χ1) is 8.88. The van der Waals surface area contributed by atoms with Crippen LogP contribution >= 0.6 is 27.5 Å². The largest absolute Gasteiger partial charge is 0.276 e. The molecule has 8 heteroatoms. The Morgan fingerprint density at radius 1 is 1.32 bits per heavy atom. The number of anilines is 1.